The van der Waals surface area contributed by atoms with Crippen LogP contribution in [-0.2, 0) is 0 Å². The largest absolute Gasteiger partial charge is 0.455 e. The van der Waals surface area contributed by atoms with Gasteiger partial charge in [-0.05, 0) is 77.3 Å². The van der Waals surface area contributed by atoms with Crippen LogP contribution in [-0.4, -0.2) is 0 Å². The first kappa shape index (κ1) is 26.1. The monoisotopic (exact) mass is 596 g/mol. The van der Waals surface area contributed by atoms with E-state index in [9.17, 15) is 0 Å². The molecule has 1 aromatic heterocycles. The Morgan fingerprint density at radius 1 is 0.277 bits per heavy atom. The summed E-state index contributed by atoms with van der Waals surface area (Å²) < 4.78 is 6.34. The summed E-state index contributed by atoms with van der Waals surface area (Å²) in [5.41, 5.74) is 11.6. The molecular weight excluding hydrogens is 569 g/mol. The summed E-state index contributed by atoms with van der Waals surface area (Å²) in [6.45, 7) is 0. The third-order valence-corrected chi connectivity index (χ3v) is 9.88. The van der Waals surface area contributed by atoms with E-state index in [2.05, 4.69) is 158 Å². The quantitative estimate of drug-likeness (QED) is 0.184. The Morgan fingerprint density at radius 2 is 0.766 bits per heavy atom. The molecule has 0 spiro atoms. The summed E-state index contributed by atoms with van der Waals surface area (Å²) in [5.74, 6) is 0. The zero-order chi connectivity index (χ0) is 30.9. The first-order valence-corrected chi connectivity index (χ1v) is 16.2. The molecule has 0 saturated carbocycles. The number of hydrogen-bond donors (Lipinski definition) is 0. The third-order valence-electron chi connectivity index (χ3n) is 9.88. The van der Waals surface area contributed by atoms with Crippen molar-refractivity contribution in [2.45, 2.75) is 0 Å². The number of hydrogen-bond acceptors (Lipinski definition) is 1. The molecule has 0 aliphatic heterocycles. The minimum absolute atomic E-state index is 0.924. The molecule has 218 valence electrons. The molecule has 10 rings (SSSR count). The van der Waals surface area contributed by atoms with Gasteiger partial charge in [-0.2, -0.15) is 0 Å². The number of fused-ring (bicyclic) bond motifs is 3. The Balaban J connectivity index is 1.08. The summed E-state index contributed by atoms with van der Waals surface area (Å²) in [6, 6.07) is 61.5. The van der Waals surface area contributed by atoms with Crippen LogP contribution in [0, 0.1) is 0 Å². The Morgan fingerprint density at radius 3 is 1.40 bits per heavy atom. The van der Waals surface area contributed by atoms with Gasteiger partial charge in [0.15, 0.2) is 0 Å². The zero-order valence-electron chi connectivity index (χ0n) is 25.6. The lowest BCUT2D eigenvalue weighted by Crippen LogP contribution is -1.90. The molecule has 0 radical (unpaired) electrons. The summed E-state index contributed by atoms with van der Waals surface area (Å²) in [6.07, 6.45) is 0. The molecule has 0 N–H and O–H groups in total. The van der Waals surface area contributed by atoms with E-state index in [1.165, 1.54) is 65.7 Å². The SMILES string of the molecule is c1ccc(-c2ccc(-c3ccc4ccc5c(-c6ccc(-c7cccc8c7oc7ccccc78)cc6)ccc6ccc3c4c65)cc2)cc1. The fourth-order valence-electron chi connectivity index (χ4n) is 7.58. The van der Waals surface area contributed by atoms with Crippen molar-refractivity contribution in [3.63, 3.8) is 0 Å². The van der Waals surface area contributed by atoms with Crippen LogP contribution in [0.2, 0.25) is 0 Å². The average Bonchev–Trinajstić information content (AvgIpc) is 3.53. The molecule has 0 aliphatic rings. The van der Waals surface area contributed by atoms with Gasteiger partial charge in [-0.1, -0.05) is 164 Å². The van der Waals surface area contributed by atoms with Crippen molar-refractivity contribution < 1.29 is 4.42 Å². The number of rotatable bonds is 4. The van der Waals surface area contributed by atoms with Crippen molar-refractivity contribution in [3.05, 3.63) is 170 Å². The predicted molar refractivity (Wildman–Crippen MR) is 199 cm³/mol. The van der Waals surface area contributed by atoms with Gasteiger partial charge < -0.3 is 4.42 Å². The maximum atomic E-state index is 6.34. The van der Waals surface area contributed by atoms with Gasteiger partial charge in [0.1, 0.15) is 11.2 Å². The van der Waals surface area contributed by atoms with Gasteiger partial charge in [0, 0.05) is 16.3 Å². The normalized spacial score (nSPS) is 11.8. The van der Waals surface area contributed by atoms with E-state index in [1.54, 1.807) is 0 Å². The highest BCUT2D eigenvalue weighted by Gasteiger charge is 2.16. The lowest BCUT2D eigenvalue weighted by atomic mass is 9.87. The van der Waals surface area contributed by atoms with Crippen LogP contribution < -0.4 is 0 Å². The van der Waals surface area contributed by atoms with Gasteiger partial charge in [-0.25, -0.2) is 0 Å². The van der Waals surface area contributed by atoms with Gasteiger partial charge in [0.2, 0.25) is 0 Å². The van der Waals surface area contributed by atoms with Gasteiger partial charge >= 0.3 is 0 Å². The molecule has 1 nitrogen and oxygen atoms in total. The van der Waals surface area contributed by atoms with E-state index in [4.69, 9.17) is 4.42 Å². The fourth-order valence-corrected chi connectivity index (χ4v) is 7.58. The molecule has 10 aromatic rings. The van der Waals surface area contributed by atoms with Crippen molar-refractivity contribution in [2.24, 2.45) is 0 Å². The van der Waals surface area contributed by atoms with Crippen LogP contribution in [0.15, 0.2) is 174 Å². The standard InChI is InChI=1S/C46H28O/c1-2-7-29(8-3-1)30-13-15-31(16-14-30)36-25-21-34-24-28-41-37(26-22-35-23-27-40(36)44(34)45(35)41)32-17-19-33(20-18-32)38-10-6-11-42-39-9-4-5-12-43(39)47-46(38)42/h1-28H. The summed E-state index contributed by atoms with van der Waals surface area (Å²) in [7, 11) is 0. The smallest absolute Gasteiger partial charge is 0.143 e. The number of para-hydroxylation sites is 2. The maximum Gasteiger partial charge on any atom is 0.143 e. The molecule has 9 aromatic carbocycles. The van der Waals surface area contributed by atoms with Gasteiger partial charge in [-0.15, -0.1) is 0 Å². The molecule has 0 unspecified atom stereocenters. The molecule has 0 amide bonds. The highest BCUT2D eigenvalue weighted by molar-refractivity contribution is 6.27. The van der Waals surface area contributed by atoms with Crippen LogP contribution in [0.5, 0.6) is 0 Å². The second kappa shape index (κ2) is 10.2. The van der Waals surface area contributed by atoms with E-state index in [0.29, 0.717) is 0 Å². The molecule has 1 heteroatoms. The minimum atomic E-state index is 0.924. The molecule has 47 heavy (non-hydrogen) atoms. The molecule has 0 aliphatic carbocycles. The van der Waals surface area contributed by atoms with Crippen molar-refractivity contribution in [1.29, 1.82) is 0 Å². The average molecular weight is 597 g/mol. The van der Waals surface area contributed by atoms with E-state index < -0.39 is 0 Å². The Labute approximate surface area is 272 Å². The number of benzene rings is 9. The van der Waals surface area contributed by atoms with Crippen LogP contribution in [0.1, 0.15) is 0 Å². The van der Waals surface area contributed by atoms with Crippen molar-refractivity contribution >= 4 is 54.3 Å². The van der Waals surface area contributed by atoms with E-state index >= 15 is 0 Å². The van der Waals surface area contributed by atoms with Crippen molar-refractivity contribution in [1.82, 2.24) is 0 Å². The minimum Gasteiger partial charge on any atom is -0.455 e. The molecule has 0 fully saturated rings. The summed E-state index contributed by atoms with van der Waals surface area (Å²) in [5, 5.41) is 10.1. The second-order valence-corrected chi connectivity index (χ2v) is 12.4. The van der Waals surface area contributed by atoms with Crippen LogP contribution >= 0.6 is 0 Å². The van der Waals surface area contributed by atoms with E-state index in [-0.39, 0.29) is 0 Å². The third kappa shape index (κ3) is 4.03. The predicted octanol–water partition coefficient (Wildman–Crippen LogP) is 13.2. The van der Waals surface area contributed by atoms with E-state index in [1.807, 2.05) is 12.1 Å². The molecule has 0 bridgehead atoms. The first-order chi connectivity index (χ1) is 23.3. The lowest BCUT2D eigenvalue weighted by molar-refractivity contribution is 0.670. The topological polar surface area (TPSA) is 13.1 Å². The van der Waals surface area contributed by atoms with Crippen LogP contribution in [0.4, 0.5) is 0 Å². The summed E-state index contributed by atoms with van der Waals surface area (Å²) in [4.78, 5) is 0. The van der Waals surface area contributed by atoms with Crippen molar-refractivity contribution in [3.8, 4) is 44.5 Å². The van der Waals surface area contributed by atoms with E-state index in [0.717, 1.165) is 33.1 Å². The molecule has 1 heterocycles. The zero-order valence-corrected chi connectivity index (χ0v) is 25.6. The summed E-state index contributed by atoms with van der Waals surface area (Å²) >= 11 is 0. The van der Waals surface area contributed by atoms with Gasteiger partial charge in [0.05, 0.1) is 0 Å². The Hall–Kier alpha value is -6.18. The Bertz CT molecular complexity index is 2750. The number of furan rings is 1. The second-order valence-electron chi connectivity index (χ2n) is 12.4. The highest BCUT2D eigenvalue weighted by Crippen LogP contribution is 2.43. The molecular formula is C46H28O. The molecule has 0 atom stereocenters. The van der Waals surface area contributed by atoms with Crippen LogP contribution in [0.3, 0.4) is 0 Å². The molecule has 0 saturated heterocycles. The van der Waals surface area contributed by atoms with Crippen molar-refractivity contribution in [2.75, 3.05) is 0 Å². The highest BCUT2D eigenvalue weighted by atomic mass is 16.3. The Kier molecular flexibility index (Phi) is 5.64. The fraction of sp³-hybridized carbons (Fsp3) is 0. The maximum absolute atomic E-state index is 6.34. The first-order valence-electron chi connectivity index (χ1n) is 16.2. The lowest BCUT2D eigenvalue weighted by Gasteiger charge is -2.17. The van der Waals surface area contributed by atoms with Crippen LogP contribution in [0.25, 0.3) is 98.8 Å². The van der Waals surface area contributed by atoms with Gasteiger partial charge in [0.25, 0.3) is 0 Å². The van der Waals surface area contributed by atoms with Gasteiger partial charge in [-0.3, -0.25) is 0 Å².